The second-order valence-corrected chi connectivity index (χ2v) is 6.82. The summed E-state index contributed by atoms with van der Waals surface area (Å²) in [6.45, 7) is 4.71. The normalized spacial score (nSPS) is 15.8. The number of halogens is 1. The van der Waals surface area contributed by atoms with Gasteiger partial charge in [-0.15, -0.1) is 0 Å². The van der Waals surface area contributed by atoms with Crippen molar-refractivity contribution in [1.29, 1.82) is 0 Å². The Labute approximate surface area is 154 Å². The molecule has 1 fully saturated rings. The fourth-order valence-corrected chi connectivity index (χ4v) is 3.55. The second kappa shape index (κ2) is 8.90. The van der Waals surface area contributed by atoms with Gasteiger partial charge >= 0.3 is 0 Å². The SMILES string of the molecule is CCCC(=O)N(c1ccc(F)cc1)C1CCN(Cc2ccccn2)CC1. The zero-order valence-electron chi connectivity index (χ0n) is 15.3. The first kappa shape index (κ1) is 18.5. The standard InChI is InChI=1S/C21H26FN3O/c1-2-5-21(26)25(19-9-7-17(22)8-10-19)20-11-14-24(15-12-20)16-18-6-3-4-13-23-18/h3-4,6-10,13,20H,2,5,11-12,14-16H2,1H3. The van der Waals surface area contributed by atoms with Gasteiger partial charge in [-0.25, -0.2) is 4.39 Å². The average molecular weight is 355 g/mol. The van der Waals surface area contributed by atoms with Gasteiger partial charge in [-0.2, -0.15) is 0 Å². The molecule has 26 heavy (non-hydrogen) atoms. The highest BCUT2D eigenvalue weighted by Gasteiger charge is 2.28. The number of rotatable bonds is 6. The van der Waals surface area contributed by atoms with E-state index >= 15 is 0 Å². The molecule has 0 N–H and O–H groups in total. The van der Waals surface area contributed by atoms with Crippen LogP contribution in [0.3, 0.4) is 0 Å². The van der Waals surface area contributed by atoms with E-state index in [2.05, 4.69) is 9.88 Å². The Morgan fingerprint density at radius 3 is 2.54 bits per heavy atom. The molecule has 0 atom stereocenters. The van der Waals surface area contributed by atoms with E-state index < -0.39 is 0 Å². The third-order valence-electron chi connectivity index (χ3n) is 4.87. The van der Waals surface area contributed by atoms with Gasteiger partial charge in [0.15, 0.2) is 0 Å². The van der Waals surface area contributed by atoms with E-state index in [9.17, 15) is 9.18 Å². The van der Waals surface area contributed by atoms with Crippen LogP contribution in [-0.2, 0) is 11.3 Å². The van der Waals surface area contributed by atoms with E-state index in [4.69, 9.17) is 0 Å². The van der Waals surface area contributed by atoms with Gasteiger partial charge < -0.3 is 4.90 Å². The van der Waals surface area contributed by atoms with Crippen molar-refractivity contribution in [2.24, 2.45) is 0 Å². The summed E-state index contributed by atoms with van der Waals surface area (Å²) in [5, 5.41) is 0. The molecule has 1 saturated heterocycles. The topological polar surface area (TPSA) is 36.4 Å². The van der Waals surface area contributed by atoms with Gasteiger partial charge in [0.05, 0.1) is 5.69 Å². The summed E-state index contributed by atoms with van der Waals surface area (Å²) in [6, 6.07) is 12.4. The number of nitrogens with zero attached hydrogens (tertiary/aromatic N) is 3. The minimum Gasteiger partial charge on any atom is -0.309 e. The van der Waals surface area contributed by atoms with Crippen LogP contribution in [0.1, 0.15) is 38.3 Å². The number of piperidine rings is 1. The fraction of sp³-hybridized carbons (Fsp3) is 0.429. The van der Waals surface area contributed by atoms with Crippen LogP contribution in [0, 0.1) is 5.82 Å². The molecular formula is C21H26FN3O. The zero-order valence-corrected chi connectivity index (χ0v) is 15.3. The van der Waals surface area contributed by atoms with Crippen LogP contribution in [0.5, 0.6) is 0 Å². The number of aromatic nitrogens is 1. The maximum absolute atomic E-state index is 13.3. The van der Waals surface area contributed by atoms with Crippen LogP contribution in [0.15, 0.2) is 48.7 Å². The lowest BCUT2D eigenvalue weighted by molar-refractivity contribution is -0.119. The van der Waals surface area contributed by atoms with E-state index in [1.807, 2.05) is 36.2 Å². The van der Waals surface area contributed by atoms with Crippen molar-refractivity contribution in [3.63, 3.8) is 0 Å². The van der Waals surface area contributed by atoms with Crippen molar-refractivity contribution >= 4 is 11.6 Å². The fourth-order valence-electron chi connectivity index (χ4n) is 3.55. The number of anilines is 1. The molecule has 0 radical (unpaired) electrons. The van der Waals surface area contributed by atoms with Gasteiger partial charge in [-0.05, 0) is 55.7 Å². The Morgan fingerprint density at radius 1 is 1.19 bits per heavy atom. The lowest BCUT2D eigenvalue weighted by Gasteiger charge is -2.38. The van der Waals surface area contributed by atoms with Crippen molar-refractivity contribution < 1.29 is 9.18 Å². The highest BCUT2D eigenvalue weighted by Crippen LogP contribution is 2.26. The predicted molar refractivity (Wildman–Crippen MR) is 101 cm³/mol. The summed E-state index contributed by atoms with van der Waals surface area (Å²) in [6.07, 6.45) is 4.99. The van der Waals surface area contributed by atoms with Crippen LogP contribution in [-0.4, -0.2) is 34.9 Å². The summed E-state index contributed by atoms with van der Waals surface area (Å²) >= 11 is 0. The number of benzene rings is 1. The maximum atomic E-state index is 13.3. The van der Waals surface area contributed by atoms with Gasteiger partial charge in [0.2, 0.25) is 5.91 Å². The molecule has 1 aromatic heterocycles. The van der Waals surface area contributed by atoms with E-state index in [0.29, 0.717) is 6.42 Å². The van der Waals surface area contributed by atoms with Gasteiger partial charge in [0.25, 0.3) is 0 Å². The molecular weight excluding hydrogens is 329 g/mol. The summed E-state index contributed by atoms with van der Waals surface area (Å²) in [4.78, 5) is 21.4. The van der Waals surface area contributed by atoms with Crippen LogP contribution < -0.4 is 4.90 Å². The van der Waals surface area contributed by atoms with Crippen molar-refractivity contribution in [2.45, 2.75) is 45.2 Å². The Kier molecular flexibility index (Phi) is 6.34. The summed E-state index contributed by atoms with van der Waals surface area (Å²) in [7, 11) is 0. The molecule has 2 heterocycles. The minimum absolute atomic E-state index is 0.127. The molecule has 2 aromatic rings. The molecule has 1 aliphatic rings. The van der Waals surface area contributed by atoms with E-state index in [-0.39, 0.29) is 17.8 Å². The van der Waals surface area contributed by atoms with Crippen molar-refractivity contribution in [2.75, 3.05) is 18.0 Å². The largest absolute Gasteiger partial charge is 0.309 e. The molecule has 4 nitrogen and oxygen atoms in total. The lowest BCUT2D eigenvalue weighted by atomic mass is 10.0. The molecule has 0 aliphatic carbocycles. The van der Waals surface area contributed by atoms with Crippen LogP contribution in [0.2, 0.25) is 0 Å². The van der Waals surface area contributed by atoms with Crippen LogP contribution in [0.25, 0.3) is 0 Å². The average Bonchev–Trinajstić information content (AvgIpc) is 2.66. The Hall–Kier alpha value is -2.27. The van der Waals surface area contributed by atoms with E-state index in [1.165, 1.54) is 12.1 Å². The van der Waals surface area contributed by atoms with E-state index in [1.54, 1.807) is 12.1 Å². The number of carbonyl (C=O) groups is 1. The highest BCUT2D eigenvalue weighted by atomic mass is 19.1. The van der Waals surface area contributed by atoms with Gasteiger partial charge in [0, 0.05) is 44.0 Å². The number of amides is 1. The van der Waals surface area contributed by atoms with Crippen LogP contribution in [0.4, 0.5) is 10.1 Å². The molecule has 138 valence electrons. The third-order valence-corrected chi connectivity index (χ3v) is 4.87. The van der Waals surface area contributed by atoms with Crippen molar-refractivity contribution in [3.8, 4) is 0 Å². The first-order chi connectivity index (χ1) is 12.7. The first-order valence-electron chi connectivity index (χ1n) is 9.37. The third kappa shape index (κ3) is 4.67. The number of hydrogen-bond acceptors (Lipinski definition) is 3. The summed E-state index contributed by atoms with van der Waals surface area (Å²) < 4.78 is 13.3. The molecule has 1 aromatic carbocycles. The molecule has 1 amide bonds. The predicted octanol–water partition coefficient (Wildman–Crippen LogP) is 4.02. The lowest BCUT2D eigenvalue weighted by Crippen LogP contribution is -2.47. The number of likely N-dealkylation sites (tertiary alicyclic amines) is 1. The van der Waals surface area contributed by atoms with Gasteiger partial charge in [-0.3, -0.25) is 14.7 Å². The monoisotopic (exact) mass is 355 g/mol. The first-order valence-corrected chi connectivity index (χ1v) is 9.37. The zero-order chi connectivity index (χ0) is 18.4. The minimum atomic E-state index is -0.276. The van der Waals surface area contributed by atoms with E-state index in [0.717, 1.165) is 50.3 Å². The Morgan fingerprint density at radius 2 is 1.92 bits per heavy atom. The Bertz CT molecular complexity index is 697. The Balaban J connectivity index is 1.66. The quantitative estimate of drug-likeness (QED) is 0.785. The van der Waals surface area contributed by atoms with Gasteiger partial charge in [0.1, 0.15) is 5.82 Å². The highest BCUT2D eigenvalue weighted by molar-refractivity contribution is 5.93. The number of hydrogen-bond donors (Lipinski definition) is 0. The number of carbonyl (C=O) groups excluding carboxylic acids is 1. The molecule has 1 aliphatic heterocycles. The second-order valence-electron chi connectivity index (χ2n) is 6.82. The van der Waals surface area contributed by atoms with Crippen molar-refractivity contribution in [1.82, 2.24) is 9.88 Å². The molecule has 0 bridgehead atoms. The molecule has 5 heteroatoms. The number of pyridine rings is 1. The summed E-state index contributed by atoms with van der Waals surface area (Å²) in [5.74, 6) is -0.149. The summed E-state index contributed by atoms with van der Waals surface area (Å²) in [5.41, 5.74) is 1.87. The molecule has 0 unspecified atom stereocenters. The van der Waals surface area contributed by atoms with Crippen LogP contribution >= 0.6 is 0 Å². The molecule has 0 saturated carbocycles. The molecule has 0 spiro atoms. The maximum Gasteiger partial charge on any atom is 0.227 e. The van der Waals surface area contributed by atoms with Gasteiger partial charge in [-0.1, -0.05) is 13.0 Å². The smallest absolute Gasteiger partial charge is 0.227 e. The molecule has 3 rings (SSSR count). The van der Waals surface area contributed by atoms with Crippen molar-refractivity contribution in [3.05, 3.63) is 60.2 Å².